The average molecular weight is 892 g/mol. The van der Waals surface area contributed by atoms with Gasteiger partial charge < -0.3 is 4.90 Å². The minimum atomic E-state index is -0.453. The predicted octanol–water partition coefficient (Wildman–Crippen LogP) is 17.9. The Kier molecular flexibility index (Phi) is 9.92. The molecule has 1 unspecified atom stereocenters. The van der Waals surface area contributed by atoms with E-state index in [2.05, 4.69) is 291 Å². The summed E-state index contributed by atoms with van der Waals surface area (Å²) in [6.07, 6.45) is 0. The van der Waals surface area contributed by atoms with Gasteiger partial charge in [-0.2, -0.15) is 0 Å². The molecule has 70 heavy (non-hydrogen) atoms. The van der Waals surface area contributed by atoms with E-state index in [1.807, 2.05) is 0 Å². The maximum Gasteiger partial charge on any atom is 0.0713 e. The van der Waals surface area contributed by atoms with Crippen LogP contribution in [0.5, 0.6) is 0 Å². The van der Waals surface area contributed by atoms with Gasteiger partial charge in [0.25, 0.3) is 0 Å². The van der Waals surface area contributed by atoms with Crippen LogP contribution < -0.4 is 4.90 Å². The van der Waals surface area contributed by atoms with E-state index >= 15 is 0 Å². The van der Waals surface area contributed by atoms with Crippen molar-refractivity contribution in [2.45, 2.75) is 17.8 Å². The number of hydrogen-bond acceptors (Lipinski definition) is 1. The number of nitrogens with zero attached hydrogens (tertiary/aromatic N) is 1. The summed E-state index contributed by atoms with van der Waals surface area (Å²) < 4.78 is 0. The zero-order chi connectivity index (χ0) is 46.7. The first kappa shape index (κ1) is 41.4. The van der Waals surface area contributed by atoms with Crippen LogP contribution in [0.15, 0.2) is 279 Å². The van der Waals surface area contributed by atoms with E-state index in [9.17, 15) is 0 Å². The Morgan fingerprint density at radius 1 is 0.243 bits per heavy atom. The smallest absolute Gasteiger partial charge is 0.0713 e. The highest BCUT2D eigenvalue weighted by molar-refractivity contribution is 5.90. The van der Waals surface area contributed by atoms with E-state index in [0.717, 1.165) is 17.1 Å². The van der Waals surface area contributed by atoms with Crippen molar-refractivity contribution < 1.29 is 0 Å². The highest BCUT2D eigenvalue weighted by Crippen LogP contribution is 2.57. The van der Waals surface area contributed by atoms with E-state index in [1.165, 1.54) is 94.6 Å². The highest BCUT2D eigenvalue weighted by Gasteiger charge is 2.46. The first-order valence-corrected chi connectivity index (χ1v) is 24.4. The molecular formula is C69H49N. The van der Waals surface area contributed by atoms with Crippen molar-refractivity contribution in [2.75, 3.05) is 4.90 Å². The van der Waals surface area contributed by atoms with Gasteiger partial charge in [0.2, 0.25) is 0 Å². The Morgan fingerprint density at radius 2 is 0.571 bits per heavy atom. The van der Waals surface area contributed by atoms with Crippen molar-refractivity contribution in [3.8, 4) is 55.6 Å². The first-order valence-electron chi connectivity index (χ1n) is 24.4. The topological polar surface area (TPSA) is 3.24 Å². The number of fused-ring (bicyclic) bond motifs is 6. The molecule has 0 fully saturated rings. The van der Waals surface area contributed by atoms with Crippen molar-refractivity contribution in [3.63, 3.8) is 0 Å². The Morgan fingerprint density at radius 3 is 1.07 bits per heavy atom. The molecule has 0 amide bonds. The molecule has 0 aromatic heterocycles. The second-order valence-electron chi connectivity index (χ2n) is 18.9. The molecule has 0 radical (unpaired) electrons. The summed E-state index contributed by atoms with van der Waals surface area (Å²) in [6, 6.07) is 103. The summed E-state index contributed by atoms with van der Waals surface area (Å²) >= 11 is 0. The predicted molar refractivity (Wildman–Crippen MR) is 292 cm³/mol. The van der Waals surface area contributed by atoms with Crippen LogP contribution in [0.4, 0.5) is 17.1 Å². The average Bonchev–Trinajstić information content (AvgIpc) is 3.89. The molecule has 0 saturated carbocycles. The van der Waals surface area contributed by atoms with E-state index < -0.39 is 5.41 Å². The third-order valence-corrected chi connectivity index (χ3v) is 15.3. The standard InChI is InChI=1S/C69H49N/c1-68(54-20-8-3-9-21-54)64-28-16-14-26-60(64)62-44-36-52(46-66(62)68)50-32-40-58(41-33-50)70(57-38-30-49(31-39-57)48-18-6-2-7-19-48)59-42-34-51(35-43-59)53-37-45-63-61-27-15-17-29-65(61)69(67(63)47-53,55-22-10-4-11-23-55)56-24-12-5-13-25-56/h2-47H,1H3. The molecule has 0 bridgehead atoms. The molecule has 13 rings (SSSR count). The molecule has 0 aliphatic heterocycles. The lowest BCUT2D eigenvalue weighted by atomic mass is 9.67. The van der Waals surface area contributed by atoms with Crippen LogP contribution in [0.3, 0.4) is 0 Å². The lowest BCUT2D eigenvalue weighted by Gasteiger charge is -2.34. The van der Waals surface area contributed by atoms with Crippen molar-refractivity contribution in [1.29, 1.82) is 0 Å². The number of rotatable bonds is 9. The van der Waals surface area contributed by atoms with Crippen LogP contribution in [0, 0.1) is 0 Å². The Labute approximate surface area is 411 Å². The van der Waals surface area contributed by atoms with Gasteiger partial charge in [0, 0.05) is 22.5 Å². The Hall–Kier alpha value is -8.78. The molecule has 2 aliphatic carbocycles. The maximum atomic E-state index is 2.45. The largest absolute Gasteiger partial charge is 0.311 e. The summed E-state index contributed by atoms with van der Waals surface area (Å²) in [5.74, 6) is 0. The van der Waals surface area contributed by atoms with Gasteiger partial charge in [-0.25, -0.2) is 0 Å². The second kappa shape index (κ2) is 16.8. The van der Waals surface area contributed by atoms with Gasteiger partial charge in [-0.1, -0.05) is 231 Å². The SMILES string of the molecule is CC1(c2ccccc2)c2ccccc2-c2ccc(-c3ccc(N(c4ccc(-c5ccccc5)cc4)c4ccc(-c5ccc6c(c5)C(c5ccccc5)(c5ccccc5)c5ccccc5-6)cc4)cc3)cc21. The van der Waals surface area contributed by atoms with Crippen LogP contribution in [0.2, 0.25) is 0 Å². The zero-order valence-electron chi connectivity index (χ0n) is 39.0. The van der Waals surface area contributed by atoms with E-state index in [1.54, 1.807) is 0 Å². The molecule has 0 saturated heterocycles. The summed E-state index contributed by atoms with van der Waals surface area (Å²) in [6.45, 7) is 2.39. The van der Waals surface area contributed by atoms with Gasteiger partial charge in [-0.15, -0.1) is 0 Å². The third kappa shape index (κ3) is 6.54. The van der Waals surface area contributed by atoms with Crippen LogP contribution in [0.25, 0.3) is 55.6 Å². The zero-order valence-corrected chi connectivity index (χ0v) is 39.0. The molecule has 0 spiro atoms. The quantitative estimate of drug-likeness (QED) is 0.140. The van der Waals surface area contributed by atoms with Crippen molar-refractivity contribution in [1.82, 2.24) is 0 Å². The van der Waals surface area contributed by atoms with Gasteiger partial charge in [-0.05, 0) is 150 Å². The molecule has 11 aromatic carbocycles. The van der Waals surface area contributed by atoms with Crippen molar-refractivity contribution in [2.24, 2.45) is 0 Å². The van der Waals surface area contributed by atoms with Gasteiger partial charge in [0.1, 0.15) is 0 Å². The normalized spacial score (nSPS) is 14.8. The number of hydrogen-bond donors (Lipinski definition) is 0. The molecule has 2 aliphatic rings. The lowest BCUT2D eigenvalue weighted by molar-refractivity contribution is 0.714. The van der Waals surface area contributed by atoms with Gasteiger partial charge in [-0.3, -0.25) is 0 Å². The molecule has 1 heteroatoms. The van der Waals surface area contributed by atoms with E-state index in [-0.39, 0.29) is 5.41 Å². The molecular weight excluding hydrogens is 843 g/mol. The molecule has 1 nitrogen and oxygen atoms in total. The molecule has 0 N–H and O–H groups in total. The number of benzene rings is 11. The minimum Gasteiger partial charge on any atom is -0.311 e. The fourth-order valence-electron chi connectivity index (χ4n) is 11.9. The molecule has 11 aromatic rings. The van der Waals surface area contributed by atoms with Crippen LogP contribution in [-0.2, 0) is 10.8 Å². The van der Waals surface area contributed by atoms with Gasteiger partial charge in [0.15, 0.2) is 0 Å². The monoisotopic (exact) mass is 891 g/mol. The Balaban J connectivity index is 0.888. The highest BCUT2D eigenvalue weighted by atomic mass is 15.1. The summed E-state index contributed by atoms with van der Waals surface area (Å²) in [5, 5.41) is 0. The van der Waals surface area contributed by atoms with E-state index in [0.29, 0.717) is 0 Å². The van der Waals surface area contributed by atoms with Gasteiger partial charge >= 0.3 is 0 Å². The second-order valence-corrected chi connectivity index (χ2v) is 18.9. The molecule has 330 valence electrons. The fraction of sp³-hybridized carbons (Fsp3) is 0.0435. The third-order valence-electron chi connectivity index (χ3n) is 15.3. The van der Waals surface area contributed by atoms with Gasteiger partial charge in [0.05, 0.1) is 5.41 Å². The molecule has 0 heterocycles. The lowest BCUT2D eigenvalue weighted by Crippen LogP contribution is -2.28. The summed E-state index contributed by atoms with van der Waals surface area (Å²) in [7, 11) is 0. The van der Waals surface area contributed by atoms with Crippen LogP contribution in [0.1, 0.15) is 45.9 Å². The summed E-state index contributed by atoms with van der Waals surface area (Å²) in [4.78, 5) is 2.38. The van der Waals surface area contributed by atoms with Crippen molar-refractivity contribution >= 4 is 17.1 Å². The van der Waals surface area contributed by atoms with Crippen LogP contribution in [-0.4, -0.2) is 0 Å². The maximum absolute atomic E-state index is 2.45. The van der Waals surface area contributed by atoms with Crippen molar-refractivity contribution in [3.05, 3.63) is 318 Å². The minimum absolute atomic E-state index is 0.254. The first-order chi connectivity index (χ1) is 34.6. The fourth-order valence-corrected chi connectivity index (χ4v) is 11.9. The van der Waals surface area contributed by atoms with E-state index in [4.69, 9.17) is 0 Å². The Bertz CT molecular complexity index is 3630. The summed E-state index contributed by atoms with van der Waals surface area (Å²) in [5.41, 5.74) is 24.1. The molecule has 1 atom stereocenters. The number of anilines is 3. The van der Waals surface area contributed by atoms with Crippen LogP contribution >= 0.6 is 0 Å².